The zero-order chi connectivity index (χ0) is 17.6. The van der Waals surface area contributed by atoms with Crippen LogP contribution in [0.1, 0.15) is 64.4 Å². The number of fused-ring (bicyclic) bond motifs is 2. The van der Waals surface area contributed by atoms with Gasteiger partial charge in [-0.2, -0.15) is 0 Å². The highest BCUT2D eigenvalue weighted by atomic mass is 16.2. The topological polar surface area (TPSA) is 36.1 Å². The molecular weight excluding hydrogens is 308 g/mol. The largest absolute Gasteiger partial charge is 0.361 e. The van der Waals surface area contributed by atoms with E-state index in [-0.39, 0.29) is 0 Å². The maximum atomic E-state index is 12.8. The molecule has 0 bridgehead atoms. The van der Waals surface area contributed by atoms with Crippen molar-refractivity contribution < 1.29 is 4.79 Å². The molecule has 2 atom stereocenters. The van der Waals surface area contributed by atoms with Crippen molar-refractivity contribution in [3.63, 3.8) is 0 Å². The van der Waals surface area contributed by atoms with Crippen LogP contribution in [-0.2, 0) is 11.2 Å². The predicted molar refractivity (Wildman–Crippen MR) is 105 cm³/mol. The number of nitrogens with zero attached hydrogens (tertiary/aromatic N) is 1. The number of nitrogens with one attached hydrogen (secondary N) is 1. The molecule has 1 aliphatic carbocycles. The zero-order valence-electron chi connectivity index (χ0n) is 15.8. The molecule has 1 aromatic carbocycles. The molecule has 3 nitrogen and oxygen atoms in total. The molecule has 1 saturated heterocycles. The van der Waals surface area contributed by atoms with Crippen LogP contribution in [0.25, 0.3) is 10.9 Å². The summed E-state index contributed by atoms with van der Waals surface area (Å²) in [6, 6.07) is 8.89. The summed E-state index contributed by atoms with van der Waals surface area (Å²) in [5.41, 5.74) is 2.44. The summed E-state index contributed by atoms with van der Waals surface area (Å²) in [7, 11) is 0. The minimum atomic E-state index is 0.367. The first-order chi connectivity index (χ1) is 12.3. The summed E-state index contributed by atoms with van der Waals surface area (Å²) >= 11 is 0. The van der Waals surface area contributed by atoms with Gasteiger partial charge in [-0.05, 0) is 49.7 Å². The highest BCUT2D eigenvalue weighted by Crippen LogP contribution is 2.35. The Balaban J connectivity index is 0.000000880. The first-order valence-corrected chi connectivity index (χ1v) is 10.2. The molecule has 2 aliphatic rings. The Morgan fingerprint density at radius 3 is 2.76 bits per heavy atom. The molecule has 1 amide bonds. The van der Waals surface area contributed by atoms with Crippen molar-refractivity contribution in [2.24, 2.45) is 5.92 Å². The Bertz CT molecular complexity index is 688. The minimum absolute atomic E-state index is 0.367. The molecule has 136 valence electrons. The summed E-state index contributed by atoms with van der Waals surface area (Å²) in [5, 5.41) is 1.26. The van der Waals surface area contributed by atoms with Crippen LogP contribution < -0.4 is 0 Å². The number of hydrogen-bond acceptors (Lipinski definition) is 1. The van der Waals surface area contributed by atoms with E-state index in [9.17, 15) is 4.79 Å². The van der Waals surface area contributed by atoms with E-state index in [2.05, 4.69) is 34.3 Å². The molecule has 1 N–H and O–H groups in total. The number of aromatic nitrogens is 1. The number of aromatic amines is 1. The number of piperidine rings is 1. The number of carbonyl (C=O) groups is 1. The molecule has 2 aromatic rings. The van der Waals surface area contributed by atoms with E-state index in [1.165, 1.54) is 55.0 Å². The van der Waals surface area contributed by atoms with Crippen LogP contribution in [-0.4, -0.2) is 28.4 Å². The summed E-state index contributed by atoms with van der Waals surface area (Å²) < 4.78 is 0. The van der Waals surface area contributed by atoms with E-state index >= 15 is 0 Å². The third-order valence-corrected chi connectivity index (χ3v) is 5.85. The minimum Gasteiger partial charge on any atom is -0.361 e. The van der Waals surface area contributed by atoms with Gasteiger partial charge in [0, 0.05) is 36.1 Å². The molecule has 4 rings (SSSR count). The second-order valence-electron chi connectivity index (χ2n) is 7.20. The molecule has 25 heavy (non-hydrogen) atoms. The van der Waals surface area contributed by atoms with Crippen LogP contribution in [0.15, 0.2) is 30.5 Å². The first kappa shape index (κ1) is 18.0. The number of hydrogen-bond donors (Lipinski definition) is 1. The van der Waals surface area contributed by atoms with Crippen molar-refractivity contribution in [2.75, 3.05) is 6.54 Å². The molecule has 2 fully saturated rings. The van der Waals surface area contributed by atoms with Gasteiger partial charge >= 0.3 is 0 Å². The lowest BCUT2D eigenvalue weighted by molar-refractivity contribution is -0.137. The van der Waals surface area contributed by atoms with Gasteiger partial charge in [0.05, 0.1) is 0 Å². The third kappa shape index (κ3) is 3.91. The van der Waals surface area contributed by atoms with Crippen LogP contribution >= 0.6 is 0 Å². The van der Waals surface area contributed by atoms with Crippen LogP contribution in [0.2, 0.25) is 0 Å². The summed E-state index contributed by atoms with van der Waals surface area (Å²) in [6.07, 6.45) is 11.3. The summed E-state index contributed by atoms with van der Waals surface area (Å²) in [6.45, 7) is 4.98. The fourth-order valence-electron chi connectivity index (χ4n) is 4.66. The van der Waals surface area contributed by atoms with E-state index in [4.69, 9.17) is 0 Å². The first-order valence-electron chi connectivity index (χ1n) is 10.2. The fraction of sp³-hybridized carbons (Fsp3) is 0.591. The summed E-state index contributed by atoms with van der Waals surface area (Å²) in [4.78, 5) is 18.3. The van der Waals surface area contributed by atoms with Crippen molar-refractivity contribution in [2.45, 2.75) is 71.3 Å². The van der Waals surface area contributed by atoms with Gasteiger partial charge in [0.2, 0.25) is 5.91 Å². The summed E-state index contributed by atoms with van der Waals surface area (Å²) in [5.74, 6) is 1.14. The molecule has 2 unspecified atom stereocenters. The van der Waals surface area contributed by atoms with Crippen molar-refractivity contribution in [1.82, 2.24) is 9.88 Å². The van der Waals surface area contributed by atoms with Crippen molar-refractivity contribution in [1.29, 1.82) is 0 Å². The molecule has 1 saturated carbocycles. The number of para-hydroxylation sites is 1. The smallest absolute Gasteiger partial charge is 0.223 e. The fourth-order valence-corrected chi connectivity index (χ4v) is 4.66. The number of carbonyl (C=O) groups excluding carboxylic acids is 1. The second-order valence-corrected chi connectivity index (χ2v) is 7.20. The Morgan fingerprint density at radius 1 is 1.12 bits per heavy atom. The van der Waals surface area contributed by atoms with Crippen LogP contribution in [0.4, 0.5) is 0 Å². The van der Waals surface area contributed by atoms with E-state index in [1.807, 2.05) is 19.9 Å². The quantitative estimate of drug-likeness (QED) is 0.808. The SMILES string of the molecule is CC.O=C(CCc1c[nH]c2ccccc12)N1CCCC2CCCCC21. The highest BCUT2D eigenvalue weighted by molar-refractivity contribution is 5.84. The number of H-pyrrole nitrogens is 1. The lowest BCUT2D eigenvalue weighted by Crippen LogP contribution is -2.49. The van der Waals surface area contributed by atoms with Gasteiger partial charge in [-0.3, -0.25) is 4.79 Å². The van der Waals surface area contributed by atoms with E-state index < -0.39 is 0 Å². The Kier molecular flexibility index (Phi) is 6.17. The third-order valence-electron chi connectivity index (χ3n) is 5.85. The number of amides is 1. The Morgan fingerprint density at radius 2 is 1.88 bits per heavy atom. The number of aryl methyl sites for hydroxylation is 1. The van der Waals surface area contributed by atoms with Crippen molar-refractivity contribution >= 4 is 16.8 Å². The highest BCUT2D eigenvalue weighted by Gasteiger charge is 2.35. The van der Waals surface area contributed by atoms with E-state index in [0.29, 0.717) is 18.4 Å². The average molecular weight is 341 g/mol. The monoisotopic (exact) mass is 340 g/mol. The van der Waals surface area contributed by atoms with Crippen molar-refractivity contribution in [3.05, 3.63) is 36.0 Å². The Labute approximate surface area is 151 Å². The van der Waals surface area contributed by atoms with Crippen LogP contribution in [0.5, 0.6) is 0 Å². The number of likely N-dealkylation sites (tertiary alicyclic amines) is 1. The van der Waals surface area contributed by atoms with Gasteiger partial charge in [-0.1, -0.05) is 44.9 Å². The molecule has 0 radical (unpaired) electrons. The van der Waals surface area contributed by atoms with Gasteiger partial charge in [0.25, 0.3) is 0 Å². The zero-order valence-corrected chi connectivity index (χ0v) is 15.8. The van der Waals surface area contributed by atoms with Crippen molar-refractivity contribution in [3.8, 4) is 0 Å². The molecule has 3 heteroatoms. The van der Waals surface area contributed by atoms with E-state index in [1.54, 1.807) is 0 Å². The van der Waals surface area contributed by atoms with Gasteiger partial charge < -0.3 is 9.88 Å². The number of rotatable bonds is 3. The predicted octanol–water partition coefficient (Wildman–Crippen LogP) is 5.31. The lowest BCUT2D eigenvalue weighted by Gasteiger charge is -2.44. The molecule has 2 heterocycles. The average Bonchev–Trinajstić information content (AvgIpc) is 3.10. The lowest BCUT2D eigenvalue weighted by atomic mass is 9.78. The van der Waals surface area contributed by atoms with E-state index in [0.717, 1.165) is 18.9 Å². The molecular formula is C22H32N2O. The normalized spacial score (nSPS) is 22.9. The second kappa shape index (κ2) is 8.55. The van der Waals surface area contributed by atoms with Gasteiger partial charge in [0.15, 0.2) is 0 Å². The van der Waals surface area contributed by atoms with Crippen LogP contribution in [0.3, 0.4) is 0 Å². The Hall–Kier alpha value is -1.77. The molecule has 1 aromatic heterocycles. The van der Waals surface area contributed by atoms with Crippen LogP contribution in [0, 0.1) is 5.92 Å². The molecule has 1 aliphatic heterocycles. The van der Waals surface area contributed by atoms with Gasteiger partial charge in [0.1, 0.15) is 0 Å². The number of benzene rings is 1. The standard InChI is InChI=1S/C20H26N2O.C2H6/c23-20(22-13-5-7-15-6-1-4-10-19(15)22)12-11-16-14-21-18-9-3-2-8-17(16)18;1-2/h2-3,8-9,14-15,19,21H,1,4-7,10-13H2;1-2H3. The van der Waals surface area contributed by atoms with Gasteiger partial charge in [-0.25, -0.2) is 0 Å². The maximum absolute atomic E-state index is 12.8. The molecule has 0 spiro atoms. The maximum Gasteiger partial charge on any atom is 0.223 e. The van der Waals surface area contributed by atoms with Gasteiger partial charge in [-0.15, -0.1) is 0 Å².